The van der Waals surface area contributed by atoms with E-state index >= 15 is 0 Å². The third-order valence-electron chi connectivity index (χ3n) is 5.94. The van der Waals surface area contributed by atoms with E-state index in [1.165, 1.54) is 25.9 Å². The molecular weight excluding hydrogens is 482 g/mol. The van der Waals surface area contributed by atoms with Gasteiger partial charge in [0, 0.05) is 12.1 Å². The first-order chi connectivity index (χ1) is 18.2. The van der Waals surface area contributed by atoms with Crippen LogP contribution >= 0.6 is 0 Å². The van der Waals surface area contributed by atoms with Gasteiger partial charge in [-0.05, 0) is 75.2 Å². The first-order valence-corrected chi connectivity index (χ1v) is 12.3. The number of nitrogens with one attached hydrogen (secondary N) is 1. The number of hydrogen-bond donors (Lipinski definition) is 3. The second-order valence-electron chi connectivity index (χ2n) is 9.24. The SMILES string of the molecule is COc1cc(-c2cc(OC)c(-c3ccc(OCC=C(C)C)c(O)c3)c(O)c2OC)ccc1NCC=C(C)C. The predicted octanol–water partition coefficient (Wildman–Crippen LogP) is 7.18. The molecule has 0 aliphatic heterocycles. The van der Waals surface area contributed by atoms with Crippen molar-refractivity contribution >= 4 is 5.69 Å². The Morgan fingerprint density at radius 3 is 2.05 bits per heavy atom. The van der Waals surface area contributed by atoms with E-state index < -0.39 is 0 Å². The Bertz CT molecular complexity index is 1330. The summed E-state index contributed by atoms with van der Waals surface area (Å²) < 4.78 is 22.6. The van der Waals surface area contributed by atoms with Crippen LogP contribution in [0.25, 0.3) is 22.3 Å². The summed E-state index contributed by atoms with van der Waals surface area (Å²) in [5, 5.41) is 25.3. The molecular formula is C31H37NO6. The molecule has 38 heavy (non-hydrogen) atoms. The molecule has 3 N–H and O–H groups in total. The van der Waals surface area contributed by atoms with E-state index in [2.05, 4.69) is 11.4 Å². The lowest BCUT2D eigenvalue weighted by Gasteiger charge is -2.19. The Kier molecular flexibility index (Phi) is 9.55. The van der Waals surface area contributed by atoms with Crippen LogP contribution < -0.4 is 24.3 Å². The second-order valence-corrected chi connectivity index (χ2v) is 9.24. The molecule has 3 aromatic carbocycles. The number of benzene rings is 3. The minimum Gasteiger partial charge on any atom is -0.504 e. The van der Waals surface area contributed by atoms with E-state index in [4.69, 9.17) is 18.9 Å². The first kappa shape index (κ1) is 28.3. The minimum absolute atomic E-state index is 0.0462. The van der Waals surface area contributed by atoms with Crippen LogP contribution in [0.1, 0.15) is 27.7 Å². The molecule has 0 radical (unpaired) electrons. The van der Waals surface area contributed by atoms with E-state index in [1.807, 2.05) is 52.0 Å². The minimum atomic E-state index is -0.107. The van der Waals surface area contributed by atoms with Crippen molar-refractivity contribution in [3.63, 3.8) is 0 Å². The number of rotatable bonds is 11. The molecule has 0 spiro atoms. The van der Waals surface area contributed by atoms with Gasteiger partial charge in [0.15, 0.2) is 23.0 Å². The third-order valence-corrected chi connectivity index (χ3v) is 5.94. The van der Waals surface area contributed by atoms with E-state index in [1.54, 1.807) is 25.3 Å². The summed E-state index contributed by atoms with van der Waals surface area (Å²) in [6.07, 6.45) is 4.02. The summed E-state index contributed by atoms with van der Waals surface area (Å²) in [6, 6.07) is 12.5. The molecule has 0 heterocycles. The number of ether oxygens (including phenoxy) is 4. The molecule has 0 fully saturated rings. The largest absolute Gasteiger partial charge is 0.504 e. The van der Waals surface area contributed by atoms with Crippen molar-refractivity contribution in [1.82, 2.24) is 0 Å². The lowest BCUT2D eigenvalue weighted by Crippen LogP contribution is -2.01. The average molecular weight is 520 g/mol. The maximum Gasteiger partial charge on any atom is 0.170 e. The van der Waals surface area contributed by atoms with Crippen LogP contribution in [-0.2, 0) is 0 Å². The lowest BCUT2D eigenvalue weighted by molar-refractivity contribution is 0.335. The first-order valence-electron chi connectivity index (χ1n) is 12.3. The van der Waals surface area contributed by atoms with Gasteiger partial charge in [0.1, 0.15) is 18.1 Å². The van der Waals surface area contributed by atoms with E-state index in [0.29, 0.717) is 47.1 Å². The lowest BCUT2D eigenvalue weighted by atomic mass is 9.96. The summed E-state index contributed by atoms with van der Waals surface area (Å²) in [5.74, 6) is 1.54. The standard InChI is InChI=1S/C31H37NO6/c1-19(2)12-14-32-24-10-8-21(17-27(24)35-5)23-18-28(36-6)29(30(34)31(23)37-7)22-9-11-26(25(33)16-22)38-15-13-20(3)4/h8-13,16-18,32-34H,14-15H2,1-7H3. The van der Waals surface area contributed by atoms with Crippen LogP contribution in [0.2, 0.25) is 0 Å². The van der Waals surface area contributed by atoms with Crippen LogP contribution in [0.4, 0.5) is 5.69 Å². The molecule has 0 unspecified atom stereocenters. The Morgan fingerprint density at radius 2 is 1.45 bits per heavy atom. The number of anilines is 1. The molecule has 202 valence electrons. The third kappa shape index (κ3) is 6.54. The molecule has 7 nitrogen and oxygen atoms in total. The zero-order valence-electron chi connectivity index (χ0n) is 23.1. The molecule has 0 saturated heterocycles. The number of methoxy groups -OCH3 is 3. The number of hydrogen-bond acceptors (Lipinski definition) is 7. The molecule has 0 aromatic heterocycles. The van der Waals surface area contributed by atoms with E-state index in [9.17, 15) is 10.2 Å². The summed E-state index contributed by atoms with van der Waals surface area (Å²) >= 11 is 0. The Morgan fingerprint density at radius 1 is 0.763 bits per heavy atom. The Balaban J connectivity index is 2.04. The highest BCUT2D eigenvalue weighted by atomic mass is 16.5. The van der Waals surface area contributed by atoms with Gasteiger partial charge in [-0.15, -0.1) is 0 Å². The van der Waals surface area contributed by atoms with Gasteiger partial charge in [-0.1, -0.05) is 29.4 Å². The van der Waals surface area contributed by atoms with Crippen LogP contribution in [0.3, 0.4) is 0 Å². The van der Waals surface area contributed by atoms with Gasteiger partial charge in [0.05, 0.1) is 32.6 Å². The number of aromatic hydroxyl groups is 2. The average Bonchev–Trinajstić information content (AvgIpc) is 2.88. The Hall–Kier alpha value is -4.26. The molecule has 0 aliphatic carbocycles. The van der Waals surface area contributed by atoms with Crippen LogP contribution in [0.15, 0.2) is 65.8 Å². The fourth-order valence-corrected chi connectivity index (χ4v) is 3.95. The zero-order chi connectivity index (χ0) is 27.8. The summed E-state index contributed by atoms with van der Waals surface area (Å²) in [6.45, 7) is 9.08. The molecule has 3 rings (SSSR count). The van der Waals surface area contributed by atoms with Gasteiger partial charge in [0.25, 0.3) is 0 Å². The predicted molar refractivity (Wildman–Crippen MR) is 153 cm³/mol. The highest BCUT2D eigenvalue weighted by Gasteiger charge is 2.23. The maximum atomic E-state index is 11.3. The smallest absolute Gasteiger partial charge is 0.170 e. The summed E-state index contributed by atoms with van der Waals surface area (Å²) in [5.41, 5.74) is 5.54. The second kappa shape index (κ2) is 12.8. The molecule has 0 aliphatic rings. The van der Waals surface area contributed by atoms with Crippen molar-refractivity contribution in [2.45, 2.75) is 27.7 Å². The van der Waals surface area contributed by atoms with Crippen LogP contribution in [-0.4, -0.2) is 44.7 Å². The van der Waals surface area contributed by atoms with Gasteiger partial charge in [0.2, 0.25) is 0 Å². The number of phenolic OH excluding ortho intramolecular Hbond substituents is 2. The van der Waals surface area contributed by atoms with Gasteiger partial charge in [-0.25, -0.2) is 0 Å². The van der Waals surface area contributed by atoms with Gasteiger partial charge < -0.3 is 34.5 Å². The van der Waals surface area contributed by atoms with Gasteiger partial charge in [-0.2, -0.15) is 0 Å². The molecule has 7 heteroatoms. The summed E-state index contributed by atoms with van der Waals surface area (Å²) in [4.78, 5) is 0. The van der Waals surface area contributed by atoms with Crippen molar-refractivity contribution in [3.05, 3.63) is 65.8 Å². The molecule has 0 amide bonds. The highest BCUT2D eigenvalue weighted by molar-refractivity contribution is 5.88. The van der Waals surface area contributed by atoms with Crippen molar-refractivity contribution in [2.75, 3.05) is 39.8 Å². The number of phenols is 2. The van der Waals surface area contributed by atoms with Crippen LogP contribution in [0.5, 0.6) is 34.5 Å². The summed E-state index contributed by atoms with van der Waals surface area (Å²) in [7, 11) is 4.64. The van der Waals surface area contributed by atoms with Gasteiger partial charge in [-0.3, -0.25) is 0 Å². The van der Waals surface area contributed by atoms with E-state index in [0.717, 1.165) is 16.8 Å². The molecule has 3 aromatic rings. The van der Waals surface area contributed by atoms with Crippen LogP contribution in [0, 0.1) is 0 Å². The normalized spacial score (nSPS) is 10.4. The number of allylic oxidation sites excluding steroid dienone is 2. The van der Waals surface area contributed by atoms with E-state index in [-0.39, 0.29) is 17.2 Å². The van der Waals surface area contributed by atoms with Crippen molar-refractivity contribution in [2.24, 2.45) is 0 Å². The fraction of sp³-hybridized carbons (Fsp3) is 0.290. The topological polar surface area (TPSA) is 89.4 Å². The monoisotopic (exact) mass is 519 g/mol. The van der Waals surface area contributed by atoms with Crippen molar-refractivity contribution in [1.29, 1.82) is 0 Å². The molecule has 0 bridgehead atoms. The van der Waals surface area contributed by atoms with Crippen molar-refractivity contribution in [3.8, 4) is 56.8 Å². The maximum absolute atomic E-state index is 11.3. The van der Waals surface area contributed by atoms with Crippen molar-refractivity contribution < 1.29 is 29.2 Å². The fourth-order valence-electron chi connectivity index (χ4n) is 3.95. The quantitative estimate of drug-likeness (QED) is 0.231. The zero-order valence-corrected chi connectivity index (χ0v) is 23.1. The molecule has 0 atom stereocenters. The van der Waals surface area contributed by atoms with Gasteiger partial charge >= 0.3 is 0 Å². The molecule has 0 saturated carbocycles. The highest BCUT2D eigenvalue weighted by Crippen LogP contribution is 2.51. The Labute approximate surface area is 225 Å².